The molecule has 0 saturated heterocycles. The van der Waals surface area contributed by atoms with Crippen LogP contribution in [0.15, 0.2) is 51.6 Å². The highest BCUT2D eigenvalue weighted by atomic mass is 79.9. The molecule has 0 aliphatic heterocycles. The van der Waals surface area contributed by atoms with Crippen LogP contribution in [0, 0.1) is 0 Å². The molecule has 0 bridgehead atoms. The Morgan fingerprint density at radius 3 is 2.58 bits per heavy atom. The zero-order valence-corrected chi connectivity index (χ0v) is 14.6. The van der Waals surface area contributed by atoms with E-state index in [0.29, 0.717) is 15.4 Å². The third-order valence-corrected chi connectivity index (χ3v) is 4.24. The molecule has 3 rings (SSSR count). The lowest BCUT2D eigenvalue weighted by Gasteiger charge is -2.01. The minimum atomic E-state index is -0.369. The van der Waals surface area contributed by atoms with Crippen molar-refractivity contribution in [2.24, 2.45) is 0 Å². The zero-order valence-electron chi connectivity index (χ0n) is 12.2. The molecule has 122 valence electrons. The number of hydrogen-bond acceptors (Lipinski definition) is 6. The number of carbonyl (C=O) groups excluding carboxylic acids is 2. The average molecular weight is 407 g/mol. The molecule has 0 atom stereocenters. The summed E-state index contributed by atoms with van der Waals surface area (Å²) in [6, 6.07) is 12.2. The molecule has 9 heteroatoms. The Labute approximate surface area is 149 Å². The van der Waals surface area contributed by atoms with Crippen LogP contribution in [0.5, 0.6) is 0 Å². The van der Waals surface area contributed by atoms with Gasteiger partial charge in [0.25, 0.3) is 11.8 Å². The van der Waals surface area contributed by atoms with Gasteiger partial charge in [0.15, 0.2) is 10.4 Å². The van der Waals surface area contributed by atoms with Crippen molar-refractivity contribution >= 4 is 44.8 Å². The summed E-state index contributed by atoms with van der Waals surface area (Å²) in [5.74, 6) is -0.522. The standard InChI is InChI=1S/C15H11BrN4O3S/c16-11-7-6-10(23-11)13(21)17-8-12-19-20-15(24-12)14(22)18-9-4-2-1-3-5-9/h1-7H,8H2,(H,17,21)(H,18,22). The number of carbonyl (C=O) groups is 2. The number of aromatic nitrogens is 2. The van der Waals surface area contributed by atoms with Crippen LogP contribution in [-0.4, -0.2) is 22.0 Å². The molecule has 0 aliphatic rings. The number of nitrogens with one attached hydrogen (secondary N) is 2. The predicted molar refractivity (Wildman–Crippen MR) is 91.9 cm³/mol. The fourth-order valence-corrected chi connectivity index (χ4v) is 2.78. The van der Waals surface area contributed by atoms with Gasteiger partial charge in [-0.05, 0) is 40.2 Å². The van der Waals surface area contributed by atoms with Crippen LogP contribution < -0.4 is 10.6 Å². The lowest BCUT2D eigenvalue weighted by atomic mass is 10.3. The molecular weight excluding hydrogens is 396 g/mol. The number of para-hydroxylation sites is 1. The van der Waals surface area contributed by atoms with Crippen LogP contribution in [0.1, 0.15) is 25.4 Å². The molecule has 7 nitrogen and oxygen atoms in total. The summed E-state index contributed by atoms with van der Waals surface area (Å²) in [6.45, 7) is 0.160. The number of rotatable bonds is 5. The van der Waals surface area contributed by atoms with E-state index in [1.807, 2.05) is 18.2 Å². The Kier molecular flexibility index (Phi) is 5.02. The van der Waals surface area contributed by atoms with E-state index in [2.05, 4.69) is 36.8 Å². The number of furan rings is 1. The third-order valence-electron chi connectivity index (χ3n) is 2.89. The van der Waals surface area contributed by atoms with Gasteiger partial charge in [0, 0.05) is 5.69 Å². The Bertz CT molecular complexity index is 862. The largest absolute Gasteiger partial charge is 0.444 e. The molecule has 2 aromatic heterocycles. The van der Waals surface area contributed by atoms with E-state index in [4.69, 9.17) is 4.42 Å². The van der Waals surface area contributed by atoms with Crippen molar-refractivity contribution in [1.82, 2.24) is 15.5 Å². The third kappa shape index (κ3) is 4.06. The summed E-state index contributed by atoms with van der Waals surface area (Å²) in [4.78, 5) is 23.9. The molecule has 1 aromatic carbocycles. The van der Waals surface area contributed by atoms with Crippen molar-refractivity contribution in [3.8, 4) is 0 Å². The van der Waals surface area contributed by atoms with Crippen LogP contribution in [0.2, 0.25) is 0 Å². The second-order valence-electron chi connectivity index (χ2n) is 4.61. The molecule has 0 fully saturated rings. The van der Waals surface area contributed by atoms with Gasteiger partial charge >= 0.3 is 0 Å². The molecule has 0 unspecified atom stereocenters. The van der Waals surface area contributed by atoms with Crippen molar-refractivity contribution in [2.45, 2.75) is 6.54 Å². The number of halogens is 1. The molecule has 0 saturated carbocycles. The Morgan fingerprint density at radius 1 is 1.08 bits per heavy atom. The fourth-order valence-electron chi connectivity index (χ4n) is 1.80. The quantitative estimate of drug-likeness (QED) is 0.678. The van der Waals surface area contributed by atoms with Crippen molar-refractivity contribution in [2.75, 3.05) is 5.32 Å². The molecule has 0 aliphatic carbocycles. The summed E-state index contributed by atoms with van der Waals surface area (Å²) in [6.07, 6.45) is 0. The van der Waals surface area contributed by atoms with Gasteiger partial charge in [-0.2, -0.15) is 0 Å². The average Bonchev–Trinajstić information content (AvgIpc) is 3.22. The SMILES string of the molecule is O=C(NCc1nnc(C(=O)Nc2ccccc2)s1)c1ccc(Br)o1. The Balaban J connectivity index is 1.57. The van der Waals surface area contributed by atoms with Crippen molar-refractivity contribution < 1.29 is 14.0 Å². The molecule has 24 heavy (non-hydrogen) atoms. The van der Waals surface area contributed by atoms with E-state index < -0.39 is 0 Å². The smallest absolute Gasteiger partial charge is 0.287 e. The van der Waals surface area contributed by atoms with Crippen molar-refractivity contribution in [3.05, 3.63) is 62.9 Å². The van der Waals surface area contributed by atoms with Crippen LogP contribution >= 0.6 is 27.3 Å². The van der Waals surface area contributed by atoms with E-state index >= 15 is 0 Å². The fraction of sp³-hybridized carbons (Fsp3) is 0.0667. The molecular formula is C15H11BrN4O3S. The van der Waals surface area contributed by atoms with Crippen molar-refractivity contribution in [1.29, 1.82) is 0 Å². The Hall–Kier alpha value is -2.52. The minimum absolute atomic E-state index is 0.160. The van der Waals surface area contributed by atoms with Crippen LogP contribution in [0.3, 0.4) is 0 Å². The number of amides is 2. The van der Waals surface area contributed by atoms with E-state index in [1.54, 1.807) is 24.3 Å². The molecule has 2 amide bonds. The van der Waals surface area contributed by atoms with Gasteiger partial charge < -0.3 is 15.1 Å². The van der Waals surface area contributed by atoms with E-state index in [1.165, 1.54) is 0 Å². The number of hydrogen-bond donors (Lipinski definition) is 2. The van der Waals surface area contributed by atoms with Crippen LogP contribution in [0.25, 0.3) is 0 Å². The first-order valence-electron chi connectivity index (χ1n) is 6.84. The molecule has 2 N–H and O–H groups in total. The summed E-state index contributed by atoms with van der Waals surface area (Å²) in [7, 11) is 0. The lowest BCUT2D eigenvalue weighted by molar-refractivity contribution is 0.0921. The summed E-state index contributed by atoms with van der Waals surface area (Å²) in [5.41, 5.74) is 0.677. The van der Waals surface area contributed by atoms with E-state index in [0.717, 1.165) is 11.3 Å². The first kappa shape index (κ1) is 16.3. The zero-order chi connectivity index (χ0) is 16.9. The summed E-state index contributed by atoms with van der Waals surface area (Å²) < 4.78 is 5.63. The maximum Gasteiger partial charge on any atom is 0.287 e. The van der Waals surface area contributed by atoms with Gasteiger partial charge in [-0.25, -0.2) is 0 Å². The van der Waals surface area contributed by atoms with Gasteiger partial charge in [0.2, 0.25) is 5.01 Å². The van der Waals surface area contributed by atoms with Gasteiger partial charge in [-0.1, -0.05) is 29.5 Å². The highest BCUT2D eigenvalue weighted by Crippen LogP contribution is 2.15. The van der Waals surface area contributed by atoms with Crippen molar-refractivity contribution in [3.63, 3.8) is 0 Å². The monoisotopic (exact) mass is 406 g/mol. The van der Waals surface area contributed by atoms with Gasteiger partial charge in [0.05, 0.1) is 6.54 Å². The van der Waals surface area contributed by atoms with Gasteiger partial charge in [0.1, 0.15) is 5.01 Å². The van der Waals surface area contributed by atoms with Gasteiger partial charge in [-0.3, -0.25) is 9.59 Å². The Morgan fingerprint density at radius 2 is 1.88 bits per heavy atom. The molecule has 3 aromatic rings. The lowest BCUT2D eigenvalue weighted by Crippen LogP contribution is -2.22. The predicted octanol–water partition coefficient (Wildman–Crippen LogP) is 3.08. The second kappa shape index (κ2) is 7.37. The number of benzene rings is 1. The molecule has 0 radical (unpaired) electrons. The molecule has 2 heterocycles. The normalized spacial score (nSPS) is 10.4. The second-order valence-corrected chi connectivity index (χ2v) is 6.45. The summed E-state index contributed by atoms with van der Waals surface area (Å²) >= 11 is 4.25. The molecule has 0 spiro atoms. The highest BCUT2D eigenvalue weighted by molar-refractivity contribution is 9.10. The van der Waals surface area contributed by atoms with E-state index in [-0.39, 0.29) is 29.1 Å². The maximum absolute atomic E-state index is 12.1. The van der Waals surface area contributed by atoms with Gasteiger partial charge in [-0.15, -0.1) is 10.2 Å². The first-order chi connectivity index (χ1) is 11.6. The maximum atomic E-state index is 12.1. The number of nitrogens with zero attached hydrogens (tertiary/aromatic N) is 2. The van der Waals surface area contributed by atoms with E-state index in [9.17, 15) is 9.59 Å². The van der Waals surface area contributed by atoms with Crippen LogP contribution in [0.4, 0.5) is 5.69 Å². The highest BCUT2D eigenvalue weighted by Gasteiger charge is 2.15. The minimum Gasteiger partial charge on any atom is -0.444 e. The van der Waals surface area contributed by atoms with Crippen LogP contribution in [-0.2, 0) is 6.54 Å². The number of anilines is 1. The topological polar surface area (TPSA) is 97.1 Å². The summed E-state index contributed by atoms with van der Waals surface area (Å²) in [5, 5.41) is 13.9. The first-order valence-corrected chi connectivity index (χ1v) is 8.45.